The Morgan fingerprint density at radius 1 is 1.16 bits per heavy atom. The lowest BCUT2D eigenvalue weighted by molar-refractivity contribution is -0.113. The number of nitrogens with one attached hydrogen (secondary N) is 2. The van der Waals surface area contributed by atoms with Gasteiger partial charge in [0.2, 0.25) is 11.1 Å². The van der Waals surface area contributed by atoms with Gasteiger partial charge in [-0.2, -0.15) is 4.98 Å². The van der Waals surface area contributed by atoms with Crippen LogP contribution in [0.2, 0.25) is 0 Å². The summed E-state index contributed by atoms with van der Waals surface area (Å²) in [6.45, 7) is 8.15. The molecule has 0 fully saturated rings. The van der Waals surface area contributed by atoms with Crippen molar-refractivity contribution in [2.45, 2.75) is 51.7 Å². The van der Waals surface area contributed by atoms with E-state index in [-0.39, 0.29) is 11.9 Å². The van der Waals surface area contributed by atoms with E-state index in [4.69, 9.17) is 5.10 Å². The van der Waals surface area contributed by atoms with Crippen LogP contribution in [0.15, 0.2) is 65.0 Å². The zero-order valence-electron chi connectivity index (χ0n) is 19.0. The van der Waals surface area contributed by atoms with Crippen molar-refractivity contribution in [3.8, 4) is 0 Å². The molecule has 166 valence electrons. The molecule has 0 saturated heterocycles. The second-order valence-electron chi connectivity index (χ2n) is 8.11. The van der Waals surface area contributed by atoms with Gasteiger partial charge < -0.3 is 10.6 Å². The van der Waals surface area contributed by atoms with Crippen molar-refractivity contribution < 1.29 is 4.79 Å². The molecule has 6 nitrogen and oxygen atoms in total. The number of nitrogens with zero attached hydrogens (tertiary/aromatic N) is 3. The Labute approximate surface area is 193 Å². The van der Waals surface area contributed by atoms with E-state index in [1.54, 1.807) is 11.8 Å². The van der Waals surface area contributed by atoms with E-state index >= 15 is 0 Å². The number of hydrogen-bond donors (Lipinski definition) is 2. The molecule has 0 radical (unpaired) electrons. The lowest BCUT2D eigenvalue weighted by atomic mass is 9.95. The van der Waals surface area contributed by atoms with Gasteiger partial charge in [-0.25, -0.2) is 4.68 Å². The summed E-state index contributed by atoms with van der Waals surface area (Å²) in [5.41, 5.74) is 5.43. The van der Waals surface area contributed by atoms with Crippen molar-refractivity contribution in [3.05, 3.63) is 76.5 Å². The molecule has 0 aliphatic carbocycles. The standard InChI is InChI=1S/C25H29N5OS/c1-5-6-14-32-25-28-24-26-18(4)21(22(30(24)29-25)19-10-8-7-9-11-19)23(31)27-20-13-12-16(2)15-17(20)3/h7-13,15,22H,5-6,14H2,1-4H3,(H,27,31)(H,26,28,29). The number of benzene rings is 2. The summed E-state index contributed by atoms with van der Waals surface area (Å²) in [5, 5.41) is 11.9. The average molecular weight is 448 g/mol. The number of carbonyl (C=O) groups is 1. The van der Waals surface area contributed by atoms with Gasteiger partial charge in [0.05, 0.1) is 5.57 Å². The molecule has 1 aliphatic heterocycles. The van der Waals surface area contributed by atoms with Crippen LogP contribution in [-0.4, -0.2) is 26.4 Å². The first kappa shape index (κ1) is 22.1. The molecule has 1 atom stereocenters. The molecule has 1 amide bonds. The van der Waals surface area contributed by atoms with Gasteiger partial charge in [-0.3, -0.25) is 4.79 Å². The molecule has 1 aliphatic rings. The zero-order chi connectivity index (χ0) is 22.7. The fourth-order valence-corrected chi connectivity index (χ4v) is 4.79. The van der Waals surface area contributed by atoms with Gasteiger partial charge in [0, 0.05) is 17.1 Å². The van der Waals surface area contributed by atoms with Gasteiger partial charge >= 0.3 is 0 Å². The number of hydrogen-bond acceptors (Lipinski definition) is 5. The summed E-state index contributed by atoms with van der Waals surface area (Å²) in [4.78, 5) is 18.2. The van der Waals surface area contributed by atoms with Crippen LogP contribution in [0.1, 0.15) is 49.4 Å². The number of thioether (sulfide) groups is 1. The van der Waals surface area contributed by atoms with Crippen LogP contribution in [0.4, 0.5) is 11.6 Å². The quantitative estimate of drug-likeness (QED) is 0.358. The van der Waals surface area contributed by atoms with E-state index < -0.39 is 0 Å². The number of aryl methyl sites for hydroxylation is 2. The highest BCUT2D eigenvalue weighted by Gasteiger charge is 2.34. The Balaban J connectivity index is 1.71. The van der Waals surface area contributed by atoms with E-state index in [9.17, 15) is 4.79 Å². The Kier molecular flexibility index (Phi) is 6.65. The van der Waals surface area contributed by atoms with Crippen molar-refractivity contribution in [1.82, 2.24) is 14.8 Å². The number of anilines is 2. The van der Waals surface area contributed by atoms with E-state index in [2.05, 4.69) is 28.6 Å². The summed E-state index contributed by atoms with van der Waals surface area (Å²) in [5.74, 6) is 1.50. The molecular weight excluding hydrogens is 418 g/mol. The summed E-state index contributed by atoms with van der Waals surface area (Å²) in [7, 11) is 0. The summed E-state index contributed by atoms with van der Waals surface area (Å²) < 4.78 is 1.84. The average Bonchev–Trinajstić information content (AvgIpc) is 3.17. The first-order valence-corrected chi connectivity index (χ1v) is 12.0. The largest absolute Gasteiger partial charge is 0.328 e. The number of fused-ring (bicyclic) bond motifs is 1. The Morgan fingerprint density at radius 3 is 2.66 bits per heavy atom. The van der Waals surface area contributed by atoms with Gasteiger partial charge in [-0.15, -0.1) is 5.10 Å². The summed E-state index contributed by atoms with van der Waals surface area (Å²) >= 11 is 1.65. The molecule has 0 spiro atoms. The third kappa shape index (κ3) is 4.58. The van der Waals surface area contributed by atoms with Gasteiger partial charge in [0.25, 0.3) is 5.91 Å². The smallest absolute Gasteiger partial charge is 0.255 e. The minimum absolute atomic E-state index is 0.142. The molecule has 7 heteroatoms. The van der Waals surface area contributed by atoms with E-state index in [1.807, 2.05) is 67.9 Å². The number of amides is 1. The van der Waals surface area contributed by atoms with Gasteiger partial charge in [0.15, 0.2) is 0 Å². The molecule has 0 saturated carbocycles. The predicted molar refractivity (Wildman–Crippen MR) is 131 cm³/mol. The van der Waals surface area contributed by atoms with Crippen LogP contribution in [0.25, 0.3) is 0 Å². The van der Waals surface area contributed by atoms with Gasteiger partial charge in [-0.1, -0.05) is 73.1 Å². The number of carbonyl (C=O) groups excluding carboxylic acids is 1. The van der Waals surface area contributed by atoms with Crippen LogP contribution in [-0.2, 0) is 4.79 Å². The van der Waals surface area contributed by atoms with Crippen LogP contribution in [0, 0.1) is 13.8 Å². The topological polar surface area (TPSA) is 71.8 Å². The molecule has 4 rings (SSSR count). The highest BCUT2D eigenvalue weighted by atomic mass is 32.2. The van der Waals surface area contributed by atoms with Gasteiger partial charge in [0.1, 0.15) is 6.04 Å². The summed E-state index contributed by atoms with van der Waals surface area (Å²) in [6.07, 6.45) is 2.25. The SMILES string of the molecule is CCCCSc1nc2n(n1)C(c1ccccc1)C(C(=O)Nc1ccc(C)cc1C)=C(C)N2. The molecular formula is C25H29N5OS. The Hall–Kier alpha value is -3.06. The maximum atomic E-state index is 13.6. The molecule has 3 aromatic rings. The normalized spacial score (nSPS) is 15.3. The fraction of sp³-hybridized carbons (Fsp3) is 0.320. The monoisotopic (exact) mass is 447 g/mol. The summed E-state index contributed by atoms with van der Waals surface area (Å²) in [6, 6.07) is 15.7. The molecule has 2 heterocycles. The molecule has 32 heavy (non-hydrogen) atoms. The highest BCUT2D eigenvalue weighted by molar-refractivity contribution is 7.99. The first-order chi connectivity index (χ1) is 15.5. The van der Waals surface area contributed by atoms with Crippen molar-refractivity contribution in [2.75, 3.05) is 16.4 Å². The molecule has 1 unspecified atom stereocenters. The maximum Gasteiger partial charge on any atom is 0.255 e. The van der Waals surface area contributed by atoms with Crippen LogP contribution in [0.3, 0.4) is 0 Å². The maximum absolute atomic E-state index is 13.6. The highest BCUT2D eigenvalue weighted by Crippen LogP contribution is 2.36. The van der Waals surface area contributed by atoms with Crippen LogP contribution < -0.4 is 10.6 Å². The predicted octanol–water partition coefficient (Wildman–Crippen LogP) is 5.71. The lowest BCUT2D eigenvalue weighted by Crippen LogP contribution is -2.31. The molecule has 2 aromatic carbocycles. The van der Waals surface area contributed by atoms with Crippen molar-refractivity contribution in [3.63, 3.8) is 0 Å². The van der Waals surface area contributed by atoms with Crippen LogP contribution in [0.5, 0.6) is 0 Å². The van der Waals surface area contributed by atoms with Crippen molar-refractivity contribution >= 4 is 29.3 Å². The fourth-order valence-electron chi connectivity index (χ4n) is 3.88. The molecule has 2 N–H and O–H groups in total. The van der Waals surface area contributed by atoms with Crippen molar-refractivity contribution in [2.24, 2.45) is 0 Å². The lowest BCUT2D eigenvalue weighted by Gasteiger charge is -2.28. The number of rotatable bonds is 7. The number of aromatic nitrogens is 3. The van der Waals surface area contributed by atoms with Crippen molar-refractivity contribution in [1.29, 1.82) is 0 Å². The second-order valence-corrected chi connectivity index (χ2v) is 9.18. The minimum Gasteiger partial charge on any atom is -0.328 e. The van der Waals surface area contributed by atoms with Crippen LogP contribution >= 0.6 is 11.8 Å². The first-order valence-electron chi connectivity index (χ1n) is 11.0. The van der Waals surface area contributed by atoms with E-state index in [0.29, 0.717) is 11.5 Å². The molecule has 0 bridgehead atoms. The second kappa shape index (κ2) is 9.61. The van der Waals surface area contributed by atoms with Gasteiger partial charge in [-0.05, 0) is 44.4 Å². The Morgan fingerprint density at radius 2 is 1.94 bits per heavy atom. The third-order valence-electron chi connectivity index (χ3n) is 5.55. The number of allylic oxidation sites excluding steroid dienone is 1. The third-order valence-corrected chi connectivity index (χ3v) is 6.48. The van der Waals surface area contributed by atoms with E-state index in [0.717, 1.165) is 51.8 Å². The molecule has 1 aromatic heterocycles. The van der Waals surface area contributed by atoms with E-state index in [1.165, 1.54) is 0 Å². The Bertz CT molecular complexity index is 1150. The minimum atomic E-state index is -0.355. The number of unbranched alkanes of at least 4 members (excludes halogenated alkanes) is 1. The zero-order valence-corrected chi connectivity index (χ0v) is 19.8.